The van der Waals surface area contributed by atoms with E-state index in [0.717, 1.165) is 0 Å². The molecule has 6 bridgehead atoms. The van der Waals surface area contributed by atoms with Crippen LogP contribution in [0, 0.1) is 32.5 Å². The summed E-state index contributed by atoms with van der Waals surface area (Å²) in [5.74, 6) is 0. The number of rotatable bonds is 0. The molecule has 0 aromatic heterocycles. The van der Waals surface area contributed by atoms with Crippen LogP contribution in [0.4, 0.5) is 0 Å². The van der Waals surface area contributed by atoms with Gasteiger partial charge in [0.2, 0.25) is 0 Å². The summed E-state index contributed by atoms with van der Waals surface area (Å²) in [5.41, 5.74) is 3.42. The van der Waals surface area contributed by atoms with Crippen LogP contribution in [0.1, 0.15) is 106 Å². The lowest BCUT2D eigenvalue weighted by Crippen LogP contribution is -2.47. The van der Waals surface area contributed by atoms with Crippen molar-refractivity contribution in [3.8, 4) is 0 Å². The third-order valence-electron chi connectivity index (χ3n) is 11.0. The van der Waals surface area contributed by atoms with E-state index in [-0.39, 0.29) is 0 Å². The van der Waals surface area contributed by atoms with Gasteiger partial charge in [-0.2, -0.15) is 0 Å². The normalized spacial score (nSPS) is 64.1. The lowest BCUT2D eigenvalue weighted by molar-refractivity contribution is -0.0545. The first-order valence-electron chi connectivity index (χ1n) is 10.0. The topological polar surface area (TPSA) is 0 Å². The number of hydrogen-bond donors (Lipinski definition) is 0. The van der Waals surface area contributed by atoms with Gasteiger partial charge in [0, 0.05) is 0 Å². The molecule has 0 saturated heterocycles. The highest BCUT2D eigenvalue weighted by Crippen LogP contribution is 2.81. The van der Waals surface area contributed by atoms with Crippen LogP contribution in [-0.4, -0.2) is 0 Å². The second-order valence-electron chi connectivity index (χ2n) is 11.5. The lowest BCUT2D eigenvalue weighted by atomic mass is 9.50. The van der Waals surface area contributed by atoms with Gasteiger partial charge < -0.3 is 0 Å². The van der Waals surface area contributed by atoms with Crippen LogP contribution >= 0.6 is 0 Å². The van der Waals surface area contributed by atoms with Gasteiger partial charge in [-0.15, -0.1) is 0 Å². The second kappa shape index (κ2) is 3.97. The van der Waals surface area contributed by atoms with Crippen LogP contribution in [0.15, 0.2) is 0 Å². The largest absolute Gasteiger partial charge is 0.0591 e. The molecule has 6 unspecified atom stereocenters. The molecule has 6 atom stereocenters. The maximum atomic E-state index is 2.74. The Morgan fingerprint density at radius 3 is 1.64 bits per heavy atom. The minimum Gasteiger partial charge on any atom is -0.0591 e. The summed E-state index contributed by atoms with van der Waals surface area (Å²) < 4.78 is 0. The van der Waals surface area contributed by atoms with Crippen LogP contribution in [0.25, 0.3) is 0 Å². The molecule has 0 aromatic rings. The van der Waals surface area contributed by atoms with E-state index < -0.39 is 0 Å². The Morgan fingerprint density at radius 1 is 0.409 bits per heavy atom. The van der Waals surface area contributed by atoms with E-state index in [2.05, 4.69) is 41.5 Å². The van der Waals surface area contributed by atoms with Crippen molar-refractivity contribution >= 4 is 0 Å². The predicted molar refractivity (Wildman–Crippen MR) is 94.8 cm³/mol. The predicted octanol–water partition coefficient (Wildman–Crippen LogP) is 6.98. The SMILES string of the molecule is CC12CCCC3(C)CC(C)(CC1)C1(C)CC2(C)CCCC31C. The third-order valence-corrected chi connectivity index (χ3v) is 11.0. The zero-order valence-electron chi connectivity index (χ0n) is 16.1. The Balaban J connectivity index is 2.02. The summed E-state index contributed by atoms with van der Waals surface area (Å²) in [4.78, 5) is 0. The highest BCUT2D eigenvalue weighted by molar-refractivity contribution is 5.22. The van der Waals surface area contributed by atoms with Gasteiger partial charge in [0.05, 0.1) is 0 Å². The van der Waals surface area contributed by atoms with Gasteiger partial charge in [-0.3, -0.25) is 0 Å². The standard InChI is InChI=1S/C22H38/c1-17-9-7-11-19(3)15-20(4,14-13-17)22(6)16-18(17,2)10-8-12-21(19,22)5/h7-16H2,1-6H3. The van der Waals surface area contributed by atoms with Crippen molar-refractivity contribution in [2.45, 2.75) is 106 Å². The molecule has 5 aliphatic carbocycles. The second-order valence-corrected chi connectivity index (χ2v) is 11.5. The Bertz CT molecular complexity index is 508. The first-order chi connectivity index (χ1) is 10.0. The van der Waals surface area contributed by atoms with E-state index in [0.29, 0.717) is 32.5 Å². The summed E-state index contributed by atoms with van der Waals surface area (Å²) in [7, 11) is 0. The van der Waals surface area contributed by atoms with Gasteiger partial charge in [0.15, 0.2) is 0 Å². The Labute approximate surface area is 138 Å². The molecule has 0 heteroatoms. The highest BCUT2D eigenvalue weighted by atomic mass is 14.8. The summed E-state index contributed by atoms with van der Waals surface area (Å²) in [6, 6.07) is 0. The monoisotopic (exact) mass is 302 g/mol. The molecular formula is C22H38. The number of fused-ring (bicyclic) bond motifs is 3. The fourth-order valence-electron chi connectivity index (χ4n) is 8.66. The summed E-state index contributed by atoms with van der Waals surface area (Å²) >= 11 is 0. The van der Waals surface area contributed by atoms with Crippen LogP contribution in [0.2, 0.25) is 0 Å². The molecule has 0 aromatic carbocycles. The fraction of sp³-hybridized carbons (Fsp3) is 1.00. The zero-order valence-corrected chi connectivity index (χ0v) is 16.1. The molecule has 126 valence electrons. The van der Waals surface area contributed by atoms with Crippen molar-refractivity contribution in [2.24, 2.45) is 32.5 Å². The molecule has 0 nitrogen and oxygen atoms in total. The van der Waals surface area contributed by atoms with Gasteiger partial charge in [-0.1, -0.05) is 54.4 Å². The molecule has 0 amide bonds. The van der Waals surface area contributed by atoms with E-state index in [1.807, 2.05) is 0 Å². The Hall–Kier alpha value is 0. The molecule has 0 N–H and O–H groups in total. The molecule has 0 aliphatic heterocycles. The van der Waals surface area contributed by atoms with E-state index in [1.165, 1.54) is 64.2 Å². The summed E-state index contributed by atoms with van der Waals surface area (Å²) in [6.45, 7) is 16.2. The van der Waals surface area contributed by atoms with Gasteiger partial charge in [-0.05, 0) is 83.9 Å². The van der Waals surface area contributed by atoms with Crippen LogP contribution in [-0.2, 0) is 0 Å². The van der Waals surface area contributed by atoms with E-state index >= 15 is 0 Å². The van der Waals surface area contributed by atoms with Crippen molar-refractivity contribution in [3.05, 3.63) is 0 Å². The molecule has 0 spiro atoms. The van der Waals surface area contributed by atoms with E-state index in [1.54, 1.807) is 0 Å². The Kier molecular flexibility index (Phi) is 2.80. The number of hydrogen-bond acceptors (Lipinski definition) is 0. The van der Waals surface area contributed by atoms with Crippen molar-refractivity contribution in [1.29, 1.82) is 0 Å². The average Bonchev–Trinajstić information content (AvgIpc) is 2.47. The van der Waals surface area contributed by atoms with Gasteiger partial charge in [0.1, 0.15) is 0 Å². The smallest absolute Gasteiger partial charge is 0.0207 e. The van der Waals surface area contributed by atoms with Crippen LogP contribution in [0.5, 0.6) is 0 Å². The van der Waals surface area contributed by atoms with Gasteiger partial charge in [0.25, 0.3) is 0 Å². The molecule has 0 radical (unpaired) electrons. The molecule has 5 rings (SSSR count). The molecule has 5 aliphatic rings. The van der Waals surface area contributed by atoms with Crippen molar-refractivity contribution in [3.63, 3.8) is 0 Å². The first kappa shape index (κ1) is 15.5. The molecule has 0 heterocycles. The van der Waals surface area contributed by atoms with E-state index in [9.17, 15) is 0 Å². The first-order valence-corrected chi connectivity index (χ1v) is 10.0. The maximum absolute atomic E-state index is 2.74. The Morgan fingerprint density at radius 2 is 0.909 bits per heavy atom. The zero-order chi connectivity index (χ0) is 16.1. The van der Waals surface area contributed by atoms with E-state index in [4.69, 9.17) is 0 Å². The van der Waals surface area contributed by atoms with Crippen molar-refractivity contribution in [1.82, 2.24) is 0 Å². The van der Waals surface area contributed by atoms with Gasteiger partial charge in [-0.25, -0.2) is 0 Å². The van der Waals surface area contributed by atoms with Crippen molar-refractivity contribution < 1.29 is 0 Å². The highest BCUT2D eigenvalue weighted by Gasteiger charge is 2.73. The quantitative estimate of drug-likeness (QED) is 0.453. The average molecular weight is 303 g/mol. The fourth-order valence-corrected chi connectivity index (χ4v) is 8.66. The lowest BCUT2D eigenvalue weighted by Gasteiger charge is -2.54. The molecular weight excluding hydrogens is 264 g/mol. The third kappa shape index (κ3) is 1.43. The molecule has 22 heavy (non-hydrogen) atoms. The van der Waals surface area contributed by atoms with Gasteiger partial charge >= 0.3 is 0 Å². The summed E-state index contributed by atoms with van der Waals surface area (Å²) in [5, 5.41) is 0. The molecule has 5 fully saturated rings. The van der Waals surface area contributed by atoms with Crippen LogP contribution in [0.3, 0.4) is 0 Å². The summed E-state index contributed by atoms with van der Waals surface area (Å²) in [6.07, 6.45) is 14.9. The maximum Gasteiger partial charge on any atom is -0.0207 e. The molecule has 5 saturated carbocycles. The minimum absolute atomic E-state index is 0.544. The van der Waals surface area contributed by atoms with Crippen LogP contribution < -0.4 is 0 Å². The minimum atomic E-state index is 0.544. The van der Waals surface area contributed by atoms with Crippen molar-refractivity contribution in [2.75, 3.05) is 0 Å².